The summed E-state index contributed by atoms with van der Waals surface area (Å²) >= 11 is 0. The molecule has 2 aromatic heterocycles. The van der Waals surface area contributed by atoms with Crippen molar-refractivity contribution in [1.29, 1.82) is 0 Å². The SMILES string of the molecule is Cc1cc(NC(=O)Cc2coc3c(C)c(C)ccc23)n(-c2ccc([N+](=O)[O-])cc2)n1. The molecule has 8 heteroatoms. The molecule has 0 aliphatic carbocycles. The maximum Gasteiger partial charge on any atom is 0.269 e. The van der Waals surface area contributed by atoms with Gasteiger partial charge in [-0.05, 0) is 44.0 Å². The van der Waals surface area contributed by atoms with E-state index in [1.807, 2.05) is 32.9 Å². The Balaban J connectivity index is 1.57. The molecule has 2 heterocycles. The van der Waals surface area contributed by atoms with Gasteiger partial charge in [0, 0.05) is 29.1 Å². The number of furan rings is 1. The first-order valence-electron chi connectivity index (χ1n) is 9.41. The maximum absolute atomic E-state index is 12.7. The molecule has 0 bridgehead atoms. The van der Waals surface area contributed by atoms with Crippen molar-refractivity contribution < 1.29 is 14.1 Å². The van der Waals surface area contributed by atoms with Gasteiger partial charge in [0.1, 0.15) is 11.4 Å². The first-order chi connectivity index (χ1) is 14.3. The third-order valence-electron chi connectivity index (χ3n) is 5.10. The number of hydrogen-bond acceptors (Lipinski definition) is 5. The van der Waals surface area contributed by atoms with Gasteiger partial charge in [0.25, 0.3) is 5.69 Å². The molecular weight excluding hydrogens is 384 g/mol. The van der Waals surface area contributed by atoms with Crippen molar-refractivity contribution in [3.8, 4) is 5.69 Å². The lowest BCUT2D eigenvalue weighted by atomic mass is 10.0. The number of fused-ring (bicyclic) bond motifs is 1. The molecule has 1 amide bonds. The second-order valence-electron chi connectivity index (χ2n) is 7.23. The van der Waals surface area contributed by atoms with Crippen molar-refractivity contribution >= 4 is 28.4 Å². The Bertz CT molecular complexity index is 1270. The zero-order valence-electron chi connectivity index (χ0n) is 16.8. The Morgan fingerprint density at radius 2 is 1.90 bits per heavy atom. The summed E-state index contributed by atoms with van der Waals surface area (Å²) < 4.78 is 7.24. The van der Waals surface area contributed by atoms with Crippen LogP contribution in [0.1, 0.15) is 22.4 Å². The number of aryl methyl sites for hydroxylation is 3. The topological polar surface area (TPSA) is 103 Å². The number of amides is 1. The number of nitrogens with one attached hydrogen (secondary N) is 1. The van der Waals surface area contributed by atoms with Gasteiger partial charge < -0.3 is 9.73 Å². The number of carbonyl (C=O) groups excluding carboxylic acids is 1. The van der Waals surface area contributed by atoms with Gasteiger partial charge in [0.05, 0.1) is 29.0 Å². The summed E-state index contributed by atoms with van der Waals surface area (Å²) in [5, 5.41) is 19.1. The van der Waals surface area contributed by atoms with Crippen molar-refractivity contribution in [3.05, 3.63) is 81.2 Å². The molecular formula is C22H20N4O4. The van der Waals surface area contributed by atoms with Gasteiger partial charge in [0.2, 0.25) is 5.91 Å². The third kappa shape index (κ3) is 3.55. The zero-order chi connectivity index (χ0) is 21.4. The molecule has 2 aromatic carbocycles. The first kappa shape index (κ1) is 19.4. The highest BCUT2D eigenvalue weighted by Crippen LogP contribution is 2.27. The second kappa shape index (κ2) is 7.47. The number of nitrogens with zero attached hydrogens (tertiary/aromatic N) is 3. The summed E-state index contributed by atoms with van der Waals surface area (Å²) in [6.07, 6.45) is 1.77. The van der Waals surface area contributed by atoms with E-state index in [1.165, 1.54) is 12.1 Å². The van der Waals surface area contributed by atoms with Crippen LogP contribution in [0.25, 0.3) is 16.7 Å². The Labute approximate surface area is 172 Å². The highest BCUT2D eigenvalue weighted by molar-refractivity contribution is 5.95. The van der Waals surface area contributed by atoms with E-state index in [4.69, 9.17) is 4.42 Å². The van der Waals surface area contributed by atoms with Gasteiger partial charge in [-0.15, -0.1) is 0 Å². The fourth-order valence-electron chi connectivity index (χ4n) is 3.39. The van der Waals surface area contributed by atoms with Gasteiger partial charge in [-0.2, -0.15) is 5.10 Å². The number of anilines is 1. The molecule has 152 valence electrons. The summed E-state index contributed by atoms with van der Waals surface area (Å²) in [4.78, 5) is 23.1. The van der Waals surface area contributed by atoms with Crippen LogP contribution in [-0.4, -0.2) is 20.6 Å². The normalized spacial score (nSPS) is 11.0. The Morgan fingerprint density at radius 1 is 1.17 bits per heavy atom. The summed E-state index contributed by atoms with van der Waals surface area (Å²) in [5.41, 5.74) is 5.12. The molecule has 4 aromatic rings. The lowest BCUT2D eigenvalue weighted by Gasteiger charge is -2.09. The highest BCUT2D eigenvalue weighted by atomic mass is 16.6. The largest absolute Gasteiger partial charge is 0.464 e. The van der Waals surface area contributed by atoms with Crippen molar-refractivity contribution in [3.63, 3.8) is 0 Å². The van der Waals surface area contributed by atoms with Crippen LogP contribution < -0.4 is 5.32 Å². The fraction of sp³-hybridized carbons (Fsp3) is 0.182. The lowest BCUT2D eigenvalue weighted by molar-refractivity contribution is -0.384. The maximum atomic E-state index is 12.7. The Hall–Kier alpha value is -3.94. The molecule has 0 unspecified atom stereocenters. The number of nitro groups is 1. The van der Waals surface area contributed by atoms with E-state index in [2.05, 4.69) is 10.4 Å². The van der Waals surface area contributed by atoms with Crippen molar-refractivity contribution in [2.45, 2.75) is 27.2 Å². The van der Waals surface area contributed by atoms with Crippen LogP contribution in [0.5, 0.6) is 0 Å². The minimum absolute atomic E-state index is 0.00872. The molecule has 0 atom stereocenters. The van der Waals surface area contributed by atoms with Gasteiger partial charge in [-0.25, -0.2) is 4.68 Å². The fourth-order valence-corrected chi connectivity index (χ4v) is 3.39. The summed E-state index contributed by atoms with van der Waals surface area (Å²) in [6, 6.07) is 11.7. The molecule has 0 radical (unpaired) electrons. The van der Waals surface area contributed by atoms with Crippen LogP contribution in [-0.2, 0) is 11.2 Å². The van der Waals surface area contributed by atoms with Gasteiger partial charge in [0.15, 0.2) is 0 Å². The standard InChI is InChI=1S/C22H20N4O4/c1-13-4-9-19-16(12-30-22(19)15(13)3)11-21(27)23-20-10-14(2)24-25(20)17-5-7-18(8-6-17)26(28)29/h4-10,12H,11H2,1-3H3,(H,23,27). The van der Waals surface area contributed by atoms with E-state index in [0.717, 1.165) is 27.7 Å². The van der Waals surface area contributed by atoms with Crippen molar-refractivity contribution in [2.75, 3.05) is 5.32 Å². The van der Waals surface area contributed by atoms with E-state index in [0.29, 0.717) is 17.2 Å². The predicted octanol–water partition coefficient (Wildman–Crippen LogP) is 4.63. The number of hydrogen-bond donors (Lipinski definition) is 1. The van der Waals surface area contributed by atoms with Crippen molar-refractivity contribution in [2.24, 2.45) is 0 Å². The number of nitro benzene ring substituents is 1. The van der Waals surface area contributed by atoms with Crippen LogP contribution in [0.15, 0.2) is 53.1 Å². The number of rotatable bonds is 5. The van der Waals surface area contributed by atoms with Gasteiger partial charge in [-0.3, -0.25) is 14.9 Å². The molecule has 0 aliphatic rings. The van der Waals surface area contributed by atoms with Crippen LogP contribution in [0.4, 0.5) is 11.5 Å². The van der Waals surface area contributed by atoms with Crippen LogP contribution in [0.2, 0.25) is 0 Å². The molecule has 0 fully saturated rings. The van der Waals surface area contributed by atoms with E-state index >= 15 is 0 Å². The zero-order valence-corrected chi connectivity index (χ0v) is 16.8. The van der Waals surface area contributed by atoms with Gasteiger partial charge >= 0.3 is 0 Å². The van der Waals surface area contributed by atoms with E-state index in [1.54, 1.807) is 29.1 Å². The molecule has 8 nitrogen and oxygen atoms in total. The smallest absolute Gasteiger partial charge is 0.269 e. The van der Waals surface area contributed by atoms with Crippen LogP contribution >= 0.6 is 0 Å². The molecule has 30 heavy (non-hydrogen) atoms. The number of non-ortho nitro benzene ring substituents is 1. The molecule has 0 spiro atoms. The average Bonchev–Trinajstić information content (AvgIpc) is 3.28. The van der Waals surface area contributed by atoms with E-state index in [9.17, 15) is 14.9 Å². The van der Waals surface area contributed by atoms with E-state index < -0.39 is 4.92 Å². The lowest BCUT2D eigenvalue weighted by Crippen LogP contribution is -2.17. The van der Waals surface area contributed by atoms with E-state index in [-0.39, 0.29) is 18.0 Å². The Kier molecular flexibility index (Phi) is 4.83. The highest BCUT2D eigenvalue weighted by Gasteiger charge is 2.16. The number of aromatic nitrogens is 2. The first-order valence-corrected chi connectivity index (χ1v) is 9.41. The van der Waals surface area contributed by atoms with Gasteiger partial charge in [-0.1, -0.05) is 12.1 Å². The summed E-state index contributed by atoms with van der Waals surface area (Å²) in [6.45, 7) is 5.83. The van der Waals surface area contributed by atoms with Crippen molar-refractivity contribution in [1.82, 2.24) is 9.78 Å². The summed E-state index contributed by atoms with van der Waals surface area (Å²) in [5.74, 6) is 0.283. The molecule has 0 saturated carbocycles. The number of benzene rings is 2. The molecule has 1 N–H and O–H groups in total. The van der Waals surface area contributed by atoms with Crippen LogP contribution in [0.3, 0.4) is 0 Å². The molecule has 0 aliphatic heterocycles. The minimum atomic E-state index is -0.459. The minimum Gasteiger partial charge on any atom is -0.464 e. The third-order valence-corrected chi connectivity index (χ3v) is 5.10. The summed E-state index contributed by atoms with van der Waals surface area (Å²) in [7, 11) is 0. The monoisotopic (exact) mass is 404 g/mol. The second-order valence-corrected chi connectivity index (χ2v) is 7.23. The Morgan fingerprint density at radius 3 is 2.60 bits per heavy atom. The molecule has 0 saturated heterocycles. The predicted molar refractivity (Wildman–Crippen MR) is 113 cm³/mol. The quantitative estimate of drug-likeness (QED) is 0.386. The average molecular weight is 404 g/mol. The number of carbonyl (C=O) groups is 1. The molecule has 4 rings (SSSR count). The van der Waals surface area contributed by atoms with Crippen LogP contribution in [0, 0.1) is 30.9 Å².